The molecule has 1 nitrogen and oxygen atoms in total. The van der Waals surface area contributed by atoms with E-state index in [0.717, 1.165) is 60.3 Å². The molecule has 0 spiro atoms. The van der Waals surface area contributed by atoms with E-state index in [-0.39, 0.29) is 0 Å². The van der Waals surface area contributed by atoms with Gasteiger partial charge in [-0.3, -0.25) is 0 Å². The molecule has 1 aromatic carbocycles. The van der Waals surface area contributed by atoms with Crippen molar-refractivity contribution in [3.8, 4) is 11.8 Å². The zero-order valence-corrected chi connectivity index (χ0v) is 23.9. The van der Waals surface area contributed by atoms with Crippen LogP contribution in [0.15, 0.2) is 30.3 Å². The Morgan fingerprint density at radius 3 is 2.36 bits per heavy atom. The van der Waals surface area contributed by atoms with E-state index in [1.807, 2.05) is 30.3 Å². The third-order valence-electron chi connectivity index (χ3n) is 12.1. The molecule has 198 valence electrons. The molecule has 4 fully saturated rings. The average molecular weight is 489 g/mol. The standard InChI is InChI=1S/C35H52O/c1-25(2)10-9-11-26(3)30-16-17-31-29-15-14-28-24-35(36,21-18-27-12-7-6-8-13-27)23-22-33(28,4)32(29)19-20-34(30,31)5/h6-8,12-13,25-26,28-32,36H,9-11,14-17,19-20,22-24H2,1-5H3/t26-,28+,29+,30-,31+,32-,33-,34+,35+/m0/s1. The molecular formula is C35H52O. The van der Waals surface area contributed by atoms with Crippen LogP contribution in [0.5, 0.6) is 0 Å². The van der Waals surface area contributed by atoms with Crippen molar-refractivity contribution in [3.05, 3.63) is 35.9 Å². The van der Waals surface area contributed by atoms with Crippen molar-refractivity contribution in [1.82, 2.24) is 0 Å². The second kappa shape index (κ2) is 10.1. The fourth-order valence-corrected chi connectivity index (χ4v) is 10.1. The van der Waals surface area contributed by atoms with Crippen LogP contribution in [0.3, 0.4) is 0 Å². The van der Waals surface area contributed by atoms with Crippen LogP contribution in [-0.2, 0) is 0 Å². The minimum atomic E-state index is -0.806. The first-order valence-electron chi connectivity index (χ1n) is 15.5. The van der Waals surface area contributed by atoms with Gasteiger partial charge in [-0.25, -0.2) is 0 Å². The average Bonchev–Trinajstić information content (AvgIpc) is 3.21. The van der Waals surface area contributed by atoms with Crippen LogP contribution >= 0.6 is 0 Å². The summed E-state index contributed by atoms with van der Waals surface area (Å²) in [5.74, 6) is 12.6. The molecule has 4 aliphatic rings. The van der Waals surface area contributed by atoms with Crippen LogP contribution in [-0.4, -0.2) is 10.7 Å². The van der Waals surface area contributed by atoms with Gasteiger partial charge in [0.25, 0.3) is 0 Å². The number of hydrogen-bond acceptors (Lipinski definition) is 1. The maximum absolute atomic E-state index is 11.5. The topological polar surface area (TPSA) is 20.2 Å². The van der Waals surface area contributed by atoms with E-state index in [1.54, 1.807) is 0 Å². The van der Waals surface area contributed by atoms with Crippen LogP contribution in [0.25, 0.3) is 0 Å². The van der Waals surface area contributed by atoms with Crippen LogP contribution in [0.1, 0.15) is 117 Å². The van der Waals surface area contributed by atoms with Crippen molar-refractivity contribution < 1.29 is 5.11 Å². The highest BCUT2D eigenvalue weighted by Gasteiger charge is 2.61. The molecule has 0 heterocycles. The lowest BCUT2D eigenvalue weighted by molar-refractivity contribution is -0.140. The van der Waals surface area contributed by atoms with Gasteiger partial charge in [-0.1, -0.05) is 83.9 Å². The molecule has 9 atom stereocenters. The van der Waals surface area contributed by atoms with Gasteiger partial charge in [0.2, 0.25) is 0 Å². The van der Waals surface area contributed by atoms with Gasteiger partial charge in [0.15, 0.2) is 0 Å². The number of aliphatic hydroxyl groups is 1. The second-order valence-electron chi connectivity index (χ2n) is 14.5. The molecule has 0 aliphatic heterocycles. The van der Waals surface area contributed by atoms with E-state index in [0.29, 0.717) is 16.7 Å². The molecule has 1 heteroatoms. The lowest BCUT2D eigenvalue weighted by atomic mass is 9.43. The first-order valence-corrected chi connectivity index (χ1v) is 15.5. The molecule has 0 bridgehead atoms. The first kappa shape index (κ1) is 26.4. The van der Waals surface area contributed by atoms with Gasteiger partial charge in [0, 0.05) is 5.56 Å². The van der Waals surface area contributed by atoms with Gasteiger partial charge in [0.05, 0.1) is 0 Å². The van der Waals surface area contributed by atoms with Crippen LogP contribution in [0.2, 0.25) is 0 Å². The summed E-state index contributed by atoms with van der Waals surface area (Å²) >= 11 is 0. The molecule has 1 N–H and O–H groups in total. The smallest absolute Gasteiger partial charge is 0.126 e. The Morgan fingerprint density at radius 1 is 0.861 bits per heavy atom. The summed E-state index contributed by atoms with van der Waals surface area (Å²) < 4.78 is 0. The van der Waals surface area contributed by atoms with E-state index < -0.39 is 5.60 Å². The summed E-state index contributed by atoms with van der Waals surface area (Å²) in [6, 6.07) is 10.2. The van der Waals surface area contributed by atoms with Gasteiger partial charge >= 0.3 is 0 Å². The molecule has 4 aliphatic carbocycles. The van der Waals surface area contributed by atoms with Gasteiger partial charge < -0.3 is 5.11 Å². The van der Waals surface area contributed by atoms with Crippen molar-refractivity contribution in [1.29, 1.82) is 0 Å². The molecular weight excluding hydrogens is 436 g/mol. The highest BCUT2D eigenvalue weighted by molar-refractivity contribution is 5.36. The van der Waals surface area contributed by atoms with Gasteiger partial charge in [-0.2, -0.15) is 0 Å². The third-order valence-corrected chi connectivity index (χ3v) is 12.1. The Hall–Kier alpha value is -1.26. The summed E-state index contributed by atoms with van der Waals surface area (Å²) in [4.78, 5) is 0. The van der Waals surface area contributed by atoms with Crippen molar-refractivity contribution in [2.45, 2.75) is 117 Å². The molecule has 0 amide bonds. The second-order valence-corrected chi connectivity index (χ2v) is 14.5. The Kier molecular flexibility index (Phi) is 7.42. The largest absolute Gasteiger partial charge is 0.378 e. The van der Waals surface area contributed by atoms with Gasteiger partial charge in [-0.15, -0.1) is 0 Å². The summed E-state index contributed by atoms with van der Waals surface area (Å²) in [5.41, 5.74) is 1.17. The van der Waals surface area contributed by atoms with Crippen LogP contribution < -0.4 is 0 Å². The van der Waals surface area contributed by atoms with E-state index in [2.05, 4.69) is 46.5 Å². The molecule has 5 rings (SSSR count). The molecule has 0 aromatic heterocycles. The highest BCUT2D eigenvalue weighted by atomic mass is 16.3. The lowest BCUT2D eigenvalue weighted by Crippen LogP contribution is -2.55. The van der Waals surface area contributed by atoms with E-state index in [4.69, 9.17) is 0 Å². The Morgan fingerprint density at radius 2 is 1.61 bits per heavy atom. The normalized spacial score (nSPS) is 42.6. The number of fused-ring (bicyclic) bond motifs is 5. The minimum Gasteiger partial charge on any atom is -0.378 e. The number of hydrogen-bond donors (Lipinski definition) is 1. The maximum Gasteiger partial charge on any atom is 0.126 e. The van der Waals surface area contributed by atoms with Crippen molar-refractivity contribution in [2.24, 2.45) is 52.3 Å². The monoisotopic (exact) mass is 488 g/mol. The van der Waals surface area contributed by atoms with E-state index in [1.165, 1.54) is 57.8 Å². The van der Waals surface area contributed by atoms with Gasteiger partial charge in [0.1, 0.15) is 5.60 Å². The zero-order valence-electron chi connectivity index (χ0n) is 23.9. The Balaban J connectivity index is 1.27. The third kappa shape index (κ3) is 4.82. The van der Waals surface area contributed by atoms with E-state index in [9.17, 15) is 5.11 Å². The predicted molar refractivity (Wildman–Crippen MR) is 151 cm³/mol. The van der Waals surface area contributed by atoms with Crippen molar-refractivity contribution in [2.75, 3.05) is 0 Å². The quantitative estimate of drug-likeness (QED) is 0.410. The summed E-state index contributed by atoms with van der Waals surface area (Å²) in [6.07, 6.45) is 15.6. The Bertz CT molecular complexity index is 954. The Labute approximate surface area is 222 Å². The van der Waals surface area contributed by atoms with Crippen molar-refractivity contribution in [3.63, 3.8) is 0 Å². The molecule has 0 unspecified atom stereocenters. The molecule has 36 heavy (non-hydrogen) atoms. The van der Waals surface area contributed by atoms with Crippen molar-refractivity contribution >= 4 is 0 Å². The SMILES string of the molecule is CC(C)CCC[C@H](C)[C@@H]1CC[C@@H]2[C@H]3CC[C@@H]4C[C@@](O)(C#Cc5ccccc5)CC[C@]4(C)[C@H]3CC[C@@]21C. The zero-order chi connectivity index (χ0) is 25.6. The predicted octanol–water partition coefficient (Wildman–Crippen LogP) is 8.89. The van der Waals surface area contributed by atoms with Gasteiger partial charge in [-0.05, 0) is 122 Å². The summed E-state index contributed by atoms with van der Waals surface area (Å²) in [7, 11) is 0. The number of benzene rings is 1. The minimum absolute atomic E-state index is 0.395. The molecule has 0 saturated heterocycles. The van der Waals surface area contributed by atoms with Crippen LogP contribution in [0.4, 0.5) is 0 Å². The number of rotatable bonds is 5. The maximum atomic E-state index is 11.5. The van der Waals surface area contributed by atoms with Crippen LogP contribution in [0, 0.1) is 64.1 Å². The fourth-order valence-electron chi connectivity index (χ4n) is 10.1. The van der Waals surface area contributed by atoms with E-state index >= 15 is 0 Å². The lowest BCUT2D eigenvalue weighted by Gasteiger charge is -2.62. The summed E-state index contributed by atoms with van der Waals surface area (Å²) in [6.45, 7) is 12.6. The first-order chi connectivity index (χ1) is 17.1. The highest BCUT2D eigenvalue weighted by Crippen LogP contribution is 2.68. The molecule has 0 radical (unpaired) electrons. The molecule has 4 saturated carbocycles. The fraction of sp³-hybridized carbons (Fsp3) is 0.771. The summed E-state index contributed by atoms with van der Waals surface area (Å²) in [5, 5.41) is 11.5. The molecule has 1 aromatic rings.